The molecule has 0 saturated carbocycles. The van der Waals surface area contributed by atoms with E-state index in [0.717, 1.165) is 109 Å². The number of aromatic amines is 1. The standard InChI is InChI=1S/C80H121N15O24S2/c1-9-45(6)66(75(109)93-68(47(8)98)77(111)88-55(36-44(4)5)71(105)89-57(79(114)115)37-48-40-83-52-26-23-22-25-50(48)52)91-69(103)53(31-33-62(81)99)85-74(108)61-27-24-34-94(61)65(102)29-21-19-17-15-13-11-10-12-14-16-18-20-28-64(101)84-58(41-96)73(107)92-67(46(7)97)76(110)87-54(35-43(2)3)70(104)86-56(39-63(82)100)72(106)90-59(80(116)117)42-120-121-49-30-32-60(95(118)119)51(38-49)78(112)113/h22-23,25-26,30,32,38,40,43-47,53-59,61,66-68,83,96-98H,9-21,24,27-29,31,33-37,39,41-42H2,1-8H3,(H2,81,99)(H2,82,100)(H,84,101)(H,85,108)(H,86,104)(H,87,110)(H,88,111)(H,89,105)(H,90,106)(H,91,103)(H,92,107)(H,93,109)(H,112,113)(H,114,115)(H,116,117)/t45-,46+,47+,53-,54-,55-,56-,57-,58-,59+,61-,66-,67-,68-/m0/s1. The van der Waals surface area contributed by atoms with Crippen molar-refractivity contribution in [3.63, 3.8) is 0 Å². The second-order valence-electron chi connectivity index (χ2n) is 31.3. The Balaban J connectivity index is 1.18. The fraction of sp³-hybridized carbons (Fsp3) is 0.625. The molecule has 672 valence electrons. The SMILES string of the molecule is CC[C@H](C)[C@H](NC(=O)[C@H](CCC(N)=O)NC(=O)[C@@H]1CCCN1C(=O)CCCCCCCCCCCCCCC(=O)N[C@@H](CO)C(=O)N[C@H](C(=O)N[C@@H](CC(C)C)C(=O)N[C@@H](CC(N)=O)C(=O)N[C@H](CSSc1ccc([N+](=O)[O-])c(C(=O)O)c1)C(=O)O)[C@@H](C)O)C(=O)N[C@H](C(=O)N[C@@H](CC(C)C)C(=O)N[C@@H](Cc1c[nH]c2ccccc12)C(=O)O)[C@@H](C)O. The van der Waals surface area contributed by atoms with E-state index in [4.69, 9.17) is 11.5 Å². The summed E-state index contributed by atoms with van der Waals surface area (Å²) in [6.07, 6.45) is 7.98. The number of fused-ring (bicyclic) bond motifs is 1. The van der Waals surface area contributed by atoms with E-state index in [9.17, 15) is 117 Å². The molecule has 0 spiro atoms. The van der Waals surface area contributed by atoms with Crippen LogP contribution in [0.5, 0.6) is 0 Å². The minimum absolute atomic E-state index is 0.00289. The fourth-order valence-corrected chi connectivity index (χ4v) is 15.7. The number of carbonyl (C=O) groups excluding carboxylic acids is 13. The summed E-state index contributed by atoms with van der Waals surface area (Å²) in [6, 6.07) is -5.97. The van der Waals surface area contributed by atoms with E-state index in [2.05, 4.69) is 58.2 Å². The van der Waals surface area contributed by atoms with E-state index in [0.29, 0.717) is 50.6 Å². The number of nitro groups is 1. The summed E-state index contributed by atoms with van der Waals surface area (Å²) in [6.45, 7) is 12.1. The molecular formula is C80H121N15O24S2. The predicted molar refractivity (Wildman–Crippen MR) is 445 cm³/mol. The largest absolute Gasteiger partial charge is 0.480 e. The molecule has 13 amide bonds. The first-order valence-corrected chi connectivity index (χ1v) is 43.2. The van der Waals surface area contributed by atoms with Crippen molar-refractivity contribution in [3.05, 3.63) is 69.9 Å². The van der Waals surface area contributed by atoms with Crippen molar-refractivity contribution in [2.45, 2.75) is 287 Å². The first-order valence-electron chi connectivity index (χ1n) is 40.9. The van der Waals surface area contributed by atoms with Gasteiger partial charge in [0.25, 0.3) is 5.69 Å². The molecule has 2 aromatic carbocycles. The topological polar surface area (TPSA) is 629 Å². The van der Waals surface area contributed by atoms with Crippen LogP contribution in [0.15, 0.2) is 53.6 Å². The Morgan fingerprint density at radius 3 is 1.54 bits per heavy atom. The Morgan fingerprint density at radius 2 is 1.03 bits per heavy atom. The molecule has 1 aromatic heterocycles. The lowest BCUT2D eigenvalue weighted by molar-refractivity contribution is -0.385. The smallest absolute Gasteiger partial charge is 0.342 e. The van der Waals surface area contributed by atoms with Crippen LogP contribution in [0.2, 0.25) is 0 Å². The van der Waals surface area contributed by atoms with Gasteiger partial charge in [0.1, 0.15) is 72.0 Å². The number of hydrogen-bond donors (Lipinski definition) is 19. The van der Waals surface area contributed by atoms with Crippen molar-refractivity contribution < 1.29 is 112 Å². The number of aliphatic hydroxyl groups excluding tert-OH is 3. The van der Waals surface area contributed by atoms with Crippen LogP contribution in [0.25, 0.3) is 10.9 Å². The number of aromatic carboxylic acids is 1. The molecule has 21 N–H and O–H groups in total. The fourth-order valence-electron chi connectivity index (χ4n) is 13.5. The van der Waals surface area contributed by atoms with Crippen molar-refractivity contribution in [1.82, 2.24) is 63.1 Å². The Hall–Kier alpha value is -10.5. The minimum atomic E-state index is -1.80. The highest BCUT2D eigenvalue weighted by Crippen LogP contribution is 2.35. The number of para-hydroxylation sites is 1. The second kappa shape index (κ2) is 52.6. The molecule has 1 aliphatic heterocycles. The molecule has 121 heavy (non-hydrogen) atoms. The molecule has 41 heteroatoms. The van der Waals surface area contributed by atoms with Crippen LogP contribution in [0.1, 0.15) is 213 Å². The summed E-state index contributed by atoms with van der Waals surface area (Å²) in [5, 5.41) is 97.8. The molecule has 2 heterocycles. The van der Waals surface area contributed by atoms with Crippen LogP contribution in [0.3, 0.4) is 0 Å². The van der Waals surface area contributed by atoms with Gasteiger partial charge in [0.05, 0.1) is 30.2 Å². The summed E-state index contributed by atoms with van der Waals surface area (Å²) >= 11 is 0. The number of nitrogens with two attached hydrogens (primary N) is 2. The molecule has 0 unspecified atom stereocenters. The van der Waals surface area contributed by atoms with Gasteiger partial charge in [-0.25, -0.2) is 14.4 Å². The molecule has 1 saturated heterocycles. The second-order valence-corrected chi connectivity index (χ2v) is 33.7. The van der Waals surface area contributed by atoms with Crippen molar-refractivity contribution in [2.24, 2.45) is 29.2 Å². The number of nitrogens with one attached hydrogen (secondary N) is 11. The Morgan fingerprint density at radius 1 is 0.554 bits per heavy atom. The molecule has 3 aromatic rings. The first-order chi connectivity index (χ1) is 57.2. The molecule has 0 radical (unpaired) electrons. The number of aromatic nitrogens is 1. The zero-order chi connectivity index (χ0) is 90.3. The maximum atomic E-state index is 14.2. The van der Waals surface area contributed by atoms with Gasteiger partial charge >= 0.3 is 17.9 Å². The average molecular weight is 1740 g/mol. The molecule has 1 aliphatic rings. The van der Waals surface area contributed by atoms with Gasteiger partial charge in [-0.1, -0.05) is 152 Å². The molecule has 0 aliphatic carbocycles. The number of unbranched alkanes of at least 4 members (excludes halogenated alkanes) is 11. The van der Waals surface area contributed by atoms with E-state index < -0.39 is 203 Å². The number of aliphatic carboxylic acids is 2. The Bertz CT molecular complexity index is 4050. The number of nitrogens with zero attached hydrogens (tertiary/aromatic N) is 2. The minimum Gasteiger partial charge on any atom is -0.480 e. The molecule has 4 rings (SSSR count). The number of aliphatic hydroxyl groups is 3. The Kier molecular flexibility index (Phi) is 44.7. The van der Waals surface area contributed by atoms with Crippen LogP contribution in [0, 0.1) is 27.9 Å². The highest BCUT2D eigenvalue weighted by Gasteiger charge is 2.41. The van der Waals surface area contributed by atoms with Crippen molar-refractivity contribution in [3.8, 4) is 0 Å². The van der Waals surface area contributed by atoms with Crippen LogP contribution in [-0.2, 0) is 78.3 Å². The molecule has 0 bridgehead atoms. The molecular weight excluding hydrogens is 1620 g/mol. The molecule has 1 fully saturated rings. The first kappa shape index (κ1) is 103. The van der Waals surface area contributed by atoms with Crippen molar-refractivity contribution >= 4 is 133 Å². The number of carboxylic acids is 3. The number of H-pyrrole nitrogens is 1. The normalized spacial score (nSPS) is 15.8. The monoisotopic (exact) mass is 1740 g/mol. The summed E-state index contributed by atoms with van der Waals surface area (Å²) in [5.41, 5.74) is 11.0. The van der Waals surface area contributed by atoms with Crippen LogP contribution in [0.4, 0.5) is 5.69 Å². The quantitative estimate of drug-likeness (QED) is 0.0167. The third kappa shape index (κ3) is 35.6. The van der Waals surface area contributed by atoms with Gasteiger partial charge in [-0.2, -0.15) is 0 Å². The van der Waals surface area contributed by atoms with E-state index in [1.165, 1.54) is 17.9 Å². The summed E-state index contributed by atoms with van der Waals surface area (Å²) in [4.78, 5) is 227. The summed E-state index contributed by atoms with van der Waals surface area (Å²) in [7, 11) is 1.66. The van der Waals surface area contributed by atoms with Crippen LogP contribution >= 0.6 is 21.6 Å². The summed E-state index contributed by atoms with van der Waals surface area (Å²) < 4.78 is 0. The number of carbonyl (C=O) groups is 16. The van der Waals surface area contributed by atoms with Gasteiger partial charge in [-0.15, -0.1) is 0 Å². The Labute approximate surface area is 709 Å². The zero-order valence-corrected chi connectivity index (χ0v) is 71.3. The maximum Gasteiger partial charge on any atom is 0.342 e. The number of hydrogen-bond acceptors (Lipinski definition) is 23. The third-order valence-electron chi connectivity index (χ3n) is 20.3. The van der Waals surface area contributed by atoms with Crippen LogP contribution in [-0.4, -0.2) is 238 Å². The van der Waals surface area contributed by atoms with Crippen LogP contribution < -0.4 is 64.6 Å². The number of benzene rings is 2. The van der Waals surface area contributed by atoms with Gasteiger partial charge in [0.15, 0.2) is 0 Å². The number of rotatable bonds is 58. The maximum absolute atomic E-state index is 14.2. The average Bonchev–Trinajstić information content (AvgIpc) is 1.62. The van der Waals surface area contributed by atoms with Crippen molar-refractivity contribution in [1.29, 1.82) is 0 Å². The zero-order valence-electron chi connectivity index (χ0n) is 69.6. The van der Waals surface area contributed by atoms with E-state index >= 15 is 0 Å². The number of carboxylic acid groups (broad SMARTS) is 3. The highest BCUT2D eigenvalue weighted by atomic mass is 33.1. The van der Waals surface area contributed by atoms with Crippen molar-refractivity contribution in [2.75, 3.05) is 18.9 Å². The van der Waals surface area contributed by atoms with Gasteiger partial charge in [-0.05, 0) is 100 Å². The number of nitro benzene ring substituents is 1. The van der Waals surface area contributed by atoms with Gasteiger partial charge in [0, 0.05) is 66.0 Å². The van der Waals surface area contributed by atoms with E-state index in [1.54, 1.807) is 53.8 Å². The van der Waals surface area contributed by atoms with Gasteiger partial charge in [-0.3, -0.25) is 72.4 Å². The lowest BCUT2D eigenvalue weighted by Crippen LogP contribution is -2.62. The summed E-state index contributed by atoms with van der Waals surface area (Å²) in [5.74, 6) is -17.3. The lowest BCUT2D eigenvalue weighted by Gasteiger charge is -2.30. The van der Waals surface area contributed by atoms with Gasteiger partial charge < -0.3 is 105 Å². The predicted octanol–water partition coefficient (Wildman–Crippen LogP) is 2.26. The highest BCUT2D eigenvalue weighted by molar-refractivity contribution is 8.76. The van der Waals surface area contributed by atoms with E-state index in [-0.39, 0.29) is 73.3 Å². The lowest BCUT2D eigenvalue weighted by atomic mass is 9.96. The third-order valence-corrected chi connectivity index (χ3v) is 22.7. The van der Waals surface area contributed by atoms with E-state index in [1.807, 2.05) is 18.2 Å². The van der Waals surface area contributed by atoms with Gasteiger partial charge in [0.2, 0.25) is 76.8 Å². The molecule has 14 atom stereocenters. The number of primary amides is 2. The number of amides is 13. The molecule has 39 nitrogen and oxygen atoms in total. The number of likely N-dealkylation sites (tertiary alicyclic amines) is 1.